The molecule has 9 heteroatoms. The molecule has 0 aromatic carbocycles. The number of esters is 2. The van der Waals surface area contributed by atoms with E-state index in [9.17, 15) is 19.0 Å². The second-order valence-corrected chi connectivity index (χ2v) is 13.2. The molecule has 0 bridgehead atoms. The molecular weight excluding hydrogens is 579 g/mol. The summed E-state index contributed by atoms with van der Waals surface area (Å²) in [6.45, 7) is 3.81. The van der Waals surface area contributed by atoms with Gasteiger partial charge in [0.25, 0.3) is 0 Å². The maximum absolute atomic E-state index is 12.4. The van der Waals surface area contributed by atoms with Crippen LogP contribution in [-0.2, 0) is 32.7 Å². The van der Waals surface area contributed by atoms with Gasteiger partial charge in [-0.15, -0.1) is 0 Å². The van der Waals surface area contributed by atoms with Crippen molar-refractivity contribution in [3.05, 3.63) is 24.3 Å². The van der Waals surface area contributed by atoms with Crippen molar-refractivity contribution in [2.45, 2.75) is 168 Å². The lowest BCUT2D eigenvalue weighted by Crippen LogP contribution is -2.29. The summed E-state index contributed by atoms with van der Waals surface area (Å²) in [5, 5.41) is 0. The van der Waals surface area contributed by atoms with Gasteiger partial charge in [-0.3, -0.25) is 18.6 Å². The molecule has 0 aliphatic rings. The summed E-state index contributed by atoms with van der Waals surface area (Å²) in [7, 11) is -3.20. The van der Waals surface area contributed by atoms with Crippen LogP contribution in [0, 0.1) is 0 Å². The third kappa shape index (κ3) is 30.6. The molecule has 0 amide bonds. The van der Waals surface area contributed by atoms with E-state index in [-0.39, 0.29) is 19.0 Å². The SMILES string of the molecule is CCCCC/C=C\C/C=C\CCCCCCCC(=O)OC(COC(=O)CCCCCCCCCCCC)COP(=O)(O)OC. The Morgan fingerprint density at radius 3 is 1.64 bits per heavy atom. The van der Waals surface area contributed by atoms with E-state index < -0.39 is 26.5 Å². The summed E-state index contributed by atoms with van der Waals surface area (Å²) >= 11 is 0. The maximum atomic E-state index is 12.4. The molecule has 0 aromatic heterocycles. The van der Waals surface area contributed by atoms with E-state index in [1.54, 1.807) is 0 Å². The van der Waals surface area contributed by atoms with Crippen LogP contribution < -0.4 is 0 Å². The molecule has 258 valence electrons. The van der Waals surface area contributed by atoms with Crippen LogP contribution in [0.1, 0.15) is 162 Å². The van der Waals surface area contributed by atoms with Crippen molar-refractivity contribution in [1.82, 2.24) is 0 Å². The summed E-state index contributed by atoms with van der Waals surface area (Å²) in [5.41, 5.74) is 0. The van der Waals surface area contributed by atoms with Crippen molar-refractivity contribution in [1.29, 1.82) is 0 Å². The van der Waals surface area contributed by atoms with Crippen LogP contribution in [0.4, 0.5) is 0 Å². The normalized spacial score (nSPS) is 13.8. The second kappa shape index (κ2) is 31.5. The molecule has 0 heterocycles. The molecule has 44 heavy (non-hydrogen) atoms. The van der Waals surface area contributed by atoms with Crippen LogP contribution in [0.5, 0.6) is 0 Å². The number of carbonyl (C=O) groups excluding carboxylic acids is 2. The number of phosphoric ester groups is 1. The highest BCUT2D eigenvalue weighted by Gasteiger charge is 2.24. The van der Waals surface area contributed by atoms with Crippen LogP contribution in [0.15, 0.2) is 24.3 Å². The fourth-order valence-corrected chi connectivity index (χ4v) is 5.15. The van der Waals surface area contributed by atoms with E-state index >= 15 is 0 Å². The Labute approximate surface area is 269 Å². The smallest absolute Gasteiger partial charge is 0.462 e. The molecule has 0 saturated heterocycles. The van der Waals surface area contributed by atoms with Gasteiger partial charge >= 0.3 is 19.8 Å². The largest absolute Gasteiger partial charge is 0.472 e. The monoisotopic (exact) mass is 644 g/mol. The van der Waals surface area contributed by atoms with Crippen LogP contribution in [0.2, 0.25) is 0 Å². The fraction of sp³-hybridized carbons (Fsp3) is 0.829. The van der Waals surface area contributed by atoms with Crippen molar-refractivity contribution in [2.24, 2.45) is 0 Å². The number of hydrogen-bond acceptors (Lipinski definition) is 7. The first kappa shape index (κ1) is 42.5. The van der Waals surface area contributed by atoms with Crippen LogP contribution in [-0.4, -0.2) is 43.3 Å². The first-order valence-electron chi connectivity index (χ1n) is 17.5. The maximum Gasteiger partial charge on any atom is 0.472 e. The molecule has 8 nitrogen and oxygen atoms in total. The van der Waals surface area contributed by atoms with Crippen molar-refractivity contribution in [3.63, 3.8) is 0 Å². The number of rotatable bonds is 32. The van der Waals surface area contributed by atoms with Crippen LogP contribution >= 0.6 is 7.82 Å². The highest BCUT2D eigenvalue weighted by Crippen LogP contribution is 2.42. The minimum Gasteiger partial charge on any atom is -0.462 e. The standard InChI is InChI=1S/C35H65O8P/c1-4-6-8-10-12-14-16-17-18-19-20-22-24-26-28-30-35(37)43-33(32-42-44(38,39)40-3)31-41-34(36)29-27-25-23-21-15-13-11-9-7-5-2/h12,14,17-18,33H,4-11,13,15-16,19-32H2,1-3H3,(H,38,39)/b14-12-,18-17-. The lowest BCUT2D eigenvalue weighted by atomic mass is 10.1. The Kier molecular flexibility index (Phi) is 30.5. The van der Waals surface area contributed by atoms with Gasteiger partial charge in [0.05, 0.1) is 6.61 Å². The van der Waals surface area contributed by atoms with E-state index in [2.05, 4.69) is 42.7 Å². The molecule has 0 saturated carbocycles. The average Bonchev–Trinajstić information content (AvgIpc) is 3.01. The molecule has 0 aromatic rings. The topological polar surface area (TPSA) is 108 Å². The molecule has 0 aliphatic heterocycles. The second-order valence-electron chi connectivity index (χ2n) is 11.7. The summed E-state index contributed by atoms with van der Waals surface area (Å²) in [4.78, 5) is 34.2. The Morgan fingerprint density at radius 1 is 0.636 bits per heavy atom. The highest BCUT2D eigenvalue weighted by atomic mass is 31.2. The van der Waals surface area contributed by atoms with Gasteiger partial charge in [-0.05, 0) is 44.9 Å². The van der Waals surface area contributed by atoms with Crippen LogP contribution in [0.3, 0.4) is 0 Å². The molecule has 0 rings (SSSR count). The van der Waals surface area contributed by atoms with Crippen molar-refractivity contribution >= 4 is 19.8 Å². The minimum absolute atomic E-state index is 0.228. The van der Waals surface area contributed by atoms with Gasteiger partial charge in [0.2, 0.25) is 0 Å². The highest BCUT2D eigenvalue weighted by molar-refractivity contribution is 7.47. The molecule has 0 radical (unpaired) electrons. The number of phosphoric acid groups is 1. The summed E-state index contributed by atoms with van der Waals surface area (Å²) in [5.74, 6) is -0.821. The number of allylic oxidation sites excluding steroid dienone is 4. The molecule has 2 unspecified atom stereocenters. The predicted octanol–water partition coefficient (Wildman–Crippen LogP) is 10.3. The Bertz CT molecular complexity index is 783. The van der Waals surface area contributed by atoms with Gasteiger partial charge in [0.1, 0.15) is 6.61 Å². The van der Waals surface area contributed by atoms with Crippen molar-refractivity contribution < 1.29 is 37.6 Å². The molecular formula is C35H65O8P. The third-order valence-electron chi connectivity index (χ3n) is 7.45. The first-order valence-corrected chi connectivity index (χ1v) is 19.0. The zero-order chi connectivity index (χ0) is 32.6. The van der Waals surface area contributed by atoms with Crippen molar-refractivity contribution in [2.75, 3.05) is 20.3 Å². The quantitative estimate of drug-likeness (QED) is 0.0333. The van der Waals surface area contributed by atoms with Gasteiger partial charge in [0.15, 0.2) is 6.10 Å². The van der Waals surface area contributed by atoms with Gasteiger partial charge in [-0.2, -0.15) is 0 Å². The van der Waals surface area contributed by atoms with E-state index in [4.69, 9.17) is 14.0 Å². The Hall–Kier alpha value is -1.47. The lowest BCUT2D eigenvalue weighted by Gasteiger charge is -2.19. The number of carbonyl (C=O) groups is 2. The van der Waals surface area contributed by atoms with Gasteiger partial charge < -0.3 is 14.4 Å². The average molecular weight is 645 g/mol. The van der Waals surface area contributed by atoms with E-state index in [0.29, 0.717) is 12.8 Å². The number of hydrogen-bond donors (Lipinski definition) is 1. The van der Waals surface area contributed by atoms with E-state index in [0.717, 1.165) is 64.9 Å². The van der Waals surface area contributed by atoms with Gasteiger partial charge in [-0.1, -0.05) is 128 Å². The first-order chi connectivity index (χ1) is 21.3. The third-order valence-corrected chi connectivity index (χ3v) is 8.39. The number of ether oxygens (including phenoxy) is 2. The number of unbranched alkanes of at least 4 members (excludes halogenated alkanes) is 17. The molecule has 0 spiro atoms. The minimum atomic E-state index is -4.25. The van der Waals surface area contributed by atoms with Gasteiger partial charge in [0, 0.05) is 20.0 Å². The predicted molar refractivity (Wildman–Crippen MR) is 179 cm³/mol. The molecule has 2 atom stereocenters. The summed E-state index contributed by atoms with van der Waals surface area (Å²) in [6, 6.07) is 0. The summed E-state index contributed by atoms with van der Waals surface area (Å²) in [6.07, 6.45) is 32.3. The molecule has 0 fully saturated rings. The Morgan fingerprint density at radius 2 is 1.09 bits per heavy atom. The van der Waals surface area contributed by atoms with Crippen molar-refractivity contribution in [3.8, 4) is 0 Å². The summed E-state index contributed by atoms with van der Waals surface area (Å²) < 4.78 is 31.7. The Balaban J connectivity index is 4.12. The zero-order valence-corrected chi connectivity index (χ0v) is 29.2. The molecule has 0 aliphatic carbocycles. The molecule has 1 N–H and O–H groups in total. The fourth-order valence-electron chi connectivity index (χ4n) is 4.69. The van der Waals surface area contributed by atoms with E-state index in [1.807, 2.05) is 0 Å². The van der Waals surface area contributed by atoms with E-state index in [1.165, 1.54) is 70.6 Å². The zero-order valence-electron chi connectivity index (χ0n) is 28.3. The van der Waals surface area contributed by atoms with Crippen LogP contribution in [0.25, 0.3) is 0 Å². The van der Waals surface area contributed by atoms with Gasteiger partial charge in [-0.25, -0.2) is 4.57 Å². The lowest BCUT2D eigenvalue weighted by molar-refractivity contribution is -0.161.